The number of rotatable bonds is 11. The van der Waals surface area contributed by atoms with Crippen LogP contribution in [0.15, 0.2) is 102 Å². The van der Waals surface area contributed by atoms with Gasteiger partial charge in [0, 0.05) is 0 Å². The molecule has 1 aliphatic heterocycles. The number of nitrogens with two attached hydrogens (primary N) is 1. The summed E-state index contributed by atoms with van der Waals surface area (Å²) in [5.41, 5.74) is 9.23. The summed E-state index contributed by atoms with van der Waals surface area (Å²) in [4.78, 5) is 23.3. The molecule has 210 valence electrons. The summed E-state index contributed by atoms with van der Waals surface area (Å²) in [6, 6.07) is 29.8. The minimum Gasteiger partial charge on any atom is -0.383 e. The van der Waals surface area contributed by atoms with Crippen molar-refractivity contribution in [3.8, 4) is 0 Å². The maximum absolute atomic E-state index is 12.2. The Morgan fingerprint density at radius 3 is 1.98 bits per heavy atom. The lowest BCUT2D eigenvalue weighted by Gasteiger charge is -2.25. The van der Waals surface area contributed by atoms with Gasteiger partial charge in [-0.1, -0.05) is 91.0 Å². The first kappa shape index (κ1) is 26.9. The van der Waals surface area contributed by atoms with Crippen LogP contribution in [0.4, 0.5) is 5.82 Å². The van der Waals surface area contributed by atoms with Crippen LogP contribution < -0.4 is 11.4 Å². The van der Waals surface area contributed by atoms with E-state index in [1.807, 2.05) is 91.0 Å². The fraction of sp³-hybridized carbons (Fsp3) is 0.258. The van der Waals surface area contributed by atoms with E-state index >= 15 is 0 Å². The number of aromatic amines is 1. The van der Waals surface area contributed by atoms with Gasteiger partial charge in [-0.2, -0.15) is 4.98 Å². The number of nitrogens with one attached hydrogen (secondary N) is 1. The van der Waals surface area contributed by atoms with E-state index in [4.69, 9.17) is 24.7 Å². The molecule has 10 heteroatoms. The molecular formula is C31H31N5O5. The van der Waals surface area contributed by atoms with E-state index in [2.05, 4.69) is 15.0 Å². The minimum absolute atomic E-state index is 0.137. The number of aromatic nitrogens is 4. The van der Waals surface area contributed by atoms with Gasteiger partial charge in [-0.3, -0.25) is 9.55 Å². The number of imidazole rings is 1. The van der Waals surface area contributed by atoms with Crippen molar-refractivity contribution in [1.82, 2.24) is 19.5 Å². The van der Waals surface area contributed by atoms with Crippen molar-refractivity contribution in [2.45, 2.75) is 44.4 Å². The lowest BCUT2D eigenvalue weighted by atomic mass is 10.1. The molecular weight excluding hydrogens is 522 g/mol. The summed E-state index contributed by atoms with van der Waals surface area (Å²) in [6.45, 7) is 1.38. The zero-order chi connectivity index (χ0) is 28.0. The number of nitrogens with zero attached hydrogens (tertiary/aromatic N) is 3. The molecule has 41 heavy (non-hydrogen) atoms. The van der Waals surface area contributed by atoms with Crippen LogP contribution in [0.25, 0.3) is 11.2 Å². The molecule has 3 aromatic carbocycles. The van der Waals surface area contributed by atoms with E-state index < -0.39 is 30.2 Å². The Morgan fingerprint density at radius 2 is 1.37 bits per heavy atom. The second-order valence-corrected chi connectivity index (χ2v) is 9.87. The van der Waals surface area contributed by atoms with E-state index in [0.717, 1.165) is 16.7 Å². The Labute approximate surface area is 236 Å². The summed E-state index contributed by atoms with van der Waals surface area (Å²) in [5, 5.41) is 0. The largest absolute Gasteiger partial charge is 0.383 e. The molecule has 0 spiro atoms. The summed E-state index contributed by atoms with van der Waals surface area (Å²) in [7, 11) is 0. The van der Waals surface area contributed by atoms with Gasteiger partial charge in [0.25, 0.3) is 0 Å². The third kappa shape index (κ3) is 6.21. The van der Waals surface area contributed by atoms with Crippen LogP contribution in [-0.4, -0.2) is 44.4 Å². The van der Waals surface area contributed by atoms with Gasteiger partial charge >= 0.3 is 5.69 Å². The van der Waals surface area contributed by atoms with Crippen molar-refractivity contribution < 1.29 is 18.9 Å². The average Bonchev–Trinajstić information content (AvgIpc) is 3.57. The van der Waals surface area contributed by atoms with E-state index in [1.165, 1.54) is 0 Å². The first-order chi connectivity index (χ1) is 20.2. The fourth-order valence-corrected chi connectivity index (χ4v) is 4.99. The lowest BCUT2D eigenvalue weighted by Crippen LogP contribution is -2.38. The van der Waals surface area contributed by atoms with Crippen LogP contribution in [0.2, 0.25) is 0 Å². The van der Waals surface area contributed by atoms with Gasteiger partial charge in [-0.25, -0.2) is 9.78 Å². The molecule has 5 aromatic rings. The quantitative estimate of drug-likeness (QED) is 0.252. The van der Waals surface area contributed by atoms with Crippen LogP contribution in [0.3, 0.4) is 0 Å². The highest BCUT2D eigenvalue weighted by atomic mass is 16.6. The Bertz CT molecular complexity index is 1610. The third-order valence-corrected chi connectivity index (χ3v) is 7.00. The molecule has 3 N–H and O–H groups in total. The van der Waals surface area contributed by atoms with Gasteiger partial charge in [0.1, 0.15) is 29.6 Å². The first-order valence-corrected chi connectivity index (χ1v) is 13.5. The Morgan fingerprint density at radius 1 is 0.805 bits per heavy atom. The normalized spacial score (nSPS) is 20.5. The number of fused-ring (bicyclic) bond motifs is 1. The minimum atomic E-state index is -0.705. The standard InChI is InChI=1S/C31H31N5O5/c32-28-25-29(35-31(37)34-28)36(20-33-25)30-27(40-18-23-14-8-3-9-15-23)26(39-17-22-12-6-2-7-13-22)24(41-30)19-38-16-21-10-4-1-5-11-21/h1-15,20,24,26-27,30H,16-19H2,(H3,32,34,35,37)/t24-,26-,27+,30-/m1/s1. The average molecular weight is 554 g/mol. The van der Waals surface area contributed by atoms with Crippen molar-refractivity contribution in [3.63, 3.8) is 0 Å². The molecule has 10 nitrogen and oxygen atoms in total. The van der Waals surface area contributed by atoms with E-state index in [1.54, 1.807) is 10.9 Å². The van der Waals surface area contributed by atoms with E-state index in [0.29, 0.717) is 31.0 Å². The monoisotopic (exact) mass is 553 g/mol. The zero-order valence-electron chi connectivity index (χ0n) is 22.3. The summed E-state index contributed by atoms with van der Waals surface area (Å²) >= 11 is 0. The zero-order valence-corrected chi connectivity index (χ0v) is 22.3. The number of nitrogen functional groups attached to an aromatic ring is 1. The summed E-state index contributed by atoms with van der Waals surface area (Å²) in [6.07, 6.45) is -0.708. The second-order valence-electron chi connectivity index (χ2n) is 9.87. The van der Waals surface area contributed by atoms with Crippen LogP contribution in [0.5, 0.6) is 0 Å². The maximum atomic E-state index is 12.2. The van der Waals surface area contributed by atoms with Gasteiger partial charge in [0.05, 0.1) is 32.8 Å². The van der Waals surface area contributed by atoms with Crippen LogP contribution in [-0.2, 0) is 38.8 Å². The number of hydrogen-bond acceptors (Lipinski definition) is 8. The predicted octanol–water partition coefficient (Wildman–Crippen LogP) is 3.99. The molecule has 0 amide bonds. The van der Waals surface area contributed by atoms with Crippen LogP contribution >= 0.6 is 0 Å². The molecule has 0 radical (unpaired) electrons. The maximum Gasteiger partial charge on any atom is 0.348 e. The van der Waals surface area contributed by atoms with Crippen molar-refractivity contribution in [2.75, 3.05) is 12.3 Å². The summed E-state index contributed by atoms with van der Waals surface area (Å²) < 4.78 is 27.4. The number of H-pyrrole nitrogens is 1. The number of anilines is 1. The van der Waals surface area contributed by atoms with Crippen LogP contribution in [0, 0.1) is 0 Å². The Kier molecular flexibility index (Phi) is 8.15. The topological polar surface area (TPSA) is 127 Å². The van der Waals surface area contributed by atoms with Crippen LogP contribution in [0.1, 0.15) is 22.9 Å². The van der Waals surface area contributed by atoms with Gasteiger partial charge in [0.15, 0.2) is 11.9 Å². The third-order valence-electron chi connectivity index (χ3n) is 7.00. The van der Waals surface area contributed by atoms with Gasteiger partial charge in [0.2, 0.25) is 0 Å². The SMILES string of the molecule is Nc1[nH]c(=O)nc2c1ncn2[C@@H]1O[C@H](COCc2ccccc2)[C@@H](OCc2ccccc2)[C@@H]1OCc1ccccc1. The molecule has 6 rings (SSSR count). The Hall–Kier alpha value is -4.35. The highest BCUT2D eigenvalue weighted by Gasteiger charge is 2.48. The molecule has 1 fully saturated rings. The smallest absolute Gasteiger partial charge is 0.348 e. The lowest BCUT2D eigenvalue weighted by molar-refractivity contribution is -0.0913. The summed E-state index contributed by atoms with van der Waals surface area (Å²) in [5.74, 6) is 0.137. The molecule has 3 heterocycles. The van der Waals surface area contributed by atoms with E-state index in [9.17, 15) is 4.79 Å². The molecule has 0 bridgehead atoms. The highest BCUT2D eigenvalue weighted by Crippen LogP contribution is 2.37. The predicted molar refractivity (Wildman–Crippen MR) is 153 cm³/mol. The number of benzene rings is 3. The van der Waals surface area contributed by atoms with Crippen molar-refractivity contribution in [1.29, 1.82) is 0 Å². The van der Waals surface area contributed by atoms with Gasteiger partial charge in [-0.15, -0.1) is 0 Å². The van der Waals surface area contributed by atoms with Gasteiger partial charge < -0.3 is 24.7 Å². The molecule has 1 aliphatic rings. The molecule has 1 saturated heterocycles. The van der Waals surface area contributed by atoms with Crippen molar-refractivity contribution in [3.05, 3.63) is 124 Å². The Balaban J connectivity index is 1.32. The highest BCUT2D eigenvalue weighted by molar-refractivity contribution is 5.81. The second kappa shape index (κ2) is 12.4. The number of hydrogen-bond donors (Lipinski definition) is 2. The first-order valence-electron chi connectivity index (χ1n) is 13.5. The number of ether oxygens (including phenoxy) is 4. The van der Waals surface area contributed by atoms with Crippen molar-refractivity contribution in [2.24, 2.45) is 0 Å². The molecule has 4 atom stereocenters. The van der Waals surface area contributed by atoms with Gasteiger partial charge in [-0.05, 0) is 16.7 Å². The molecule has 0 saturated carbocycles. The fourth-order valence-electron chi connectivity index (χ4n) is 4.99. The van der Waals surface area contributed by atoms with Crippen molar-refractivity contribution >= 4 is 17.0 Å². The molecule has 0 aliphatic carbocycles. The van der Waals surface area contributed by atoms with E-state index in [-0.39, 0.29) is 12.4 Å². The molecule has 2 aromatic heterocycles. The molecule has 0 unspecified atom stereocenters.